The molecule has 18 heteroatoms. The van der Waals surface area contributed by atoms with E-state index in [1.807, 2.05) is 48.5 Å². The van der Waals surface area contributed by atoms with E-state index in [9.17, 15) is 0 Å². The summed E-state index contributed by atoms with van der Waals surface area (Å²) in [7, 11) is 2.14. The quantitative estimate of drug-likeness (QED) is 0.146. The molecule has 66 heavy (non-hydrogen) atoms. The number of hydroxylamine groups is 4. The van der Waals surface area contributed by atoms with Gasteiger partial charge in [-0.3, -0.25) is 0 Å². The van der Waals surface area contributed by atoms with E-state index in [0.717, 1.165) is 77.1 Å². The highest BCUT2D eigenvalue weighted by Gasteiger charge is 2.53. The highest BCUT2D eigenvalue weighted by molar-refractivity contribution is 9.10. The third-order valence-electron chi connectivity index (χ3n) is 12.9. The van der Waals surface area contributed by atoms with Gasteiger partial charge in [0.25, 0.3) is 0 Å². The van der Waals surface area contributed by atoms with E-state index in [0.29, 0.717) is 52.1 Å². The molecule has 4 aromatic rings. The molecule has 6 heterocycles. The zero-order valence-electron chi connectivity index (χ0n) is 38.0. The van der Waals surface area contributed by atoms with E-state index < -0.39 is 18.6 Å². The maximum absolute atomic E-state index is 8.65. The summed E-state index contributed by atoms with van der Waals surface area (Å²) in [6, 6.07) is 26.4. The second-order valence-corrected chi connectivity index (χ2v) is 20.7. The molecule has 6 N–H and O–H groups in total. The average molecular weight is 1010 g/mol. The summed E-state index contributed by atoms with van der Waals surface area (Å²) in [5.74, 6) is 3.11. The first-order valence-corrected chi connectivity index (χ1v) is 23.8. The van der Waals surface area contributed by atoms with Gasteiger partial charge in [-0.15, -0.1) is 0 Å². The maximum atomic E-state index is 8.65. The molecule has 14 nitrogen and oxygen atoms in total. The van der Waals surface area contributed by atoms with Gasteiger partial charge in [0.2, 0.25) is 23.4 Å². The molecule has 352 valence electrons. The van der Waals surface area contributed by atoms with Crippen LogP contribution in [0, 0.1) is 11.8 Å². The van der Waals surface area contributed by atoms with Crippen LogP contribution in [-0.4, -0.2) is 89.9 Å². The van der Waals surface area contributed by atoms with Crippen molar-refractivity contribution in [3.05, 3.63) is 111 Å². The highest BCUT2D eigenvalue weighted by atomic mass is 79.9. The number of hydrogen-bond acceptors (Lipinski definition) is 14. The Kier molecular flexibility index (Phi) is 14.0. The van der Waals surface area contributed by atoms with Crippen LogP contribution in [-0.2, 0) is 30.6 Å². The van der Waals surface area contributed by atoms with Gasteiger partial charge in [-0.25, -0.2) is 29.8 Å². The molecule has 2 fully saturated rings. The fourth-order valence-corrected chi connectivity index (χ4v) is 10.5. The lowest BCUT2D eigenvalue weighted by Crippen LogP contribution is -2.46. The van der Waals surface area contributed by atoms with Crippen molar-refractivity contribution in [3.8, 4) is 22.6 Å². The number of hydrogen-bond donors (Lipinski definition) is 4. The zero-order chi connectivity index (χ0) is 47.2. The fraction of sp³-hybridized carbons (Fsp3) is 0.458. The van der Waals surface area contributed by atoms with Gasteiger partial charge in [0.05, 0.1) is 22.3 Å². The Morgan fingerprint density at radius 2 is 1.14 bits per heavy atom. The molecule has 6 atom stereocenters. The number of fused-ring (bicyclic) bond motifs is 4. The maximum Gasteiger partial charge on any atom is 0.488 e. The van der Waals surface area contributed by atoms with Gasteiger partial charge in [-0.1, -0.05) is 69.5 Å². The summed E-state index contributed by atoms with van der Waals surface area (Å²) in [5, 5.41) is 21.6. The fourth-order valence-electron chi connectivity index (χ4n) is 9.74. The van der Waals surface area contributed by atoms with Crippen molar-refractivity contribution in [2.75, 3.05) is 27.3 Å². The number of guanidine groups is 2. The van der Waals surface area contributed by atoms with Crippen LogP contribution in [0.5, 0.6) is 11.5 Å². The molecule has 6 unspecified atom stereocenters. The van der Waals surface area contributed by atoms with Crippen molar-refractivity contribution < 1.29 is 38.7 Å². The van der Waals surface area contributed by atoms with Crippen molar-refractivity contribution in [2.45, 2.75) is 101 Å². The highest BCUT2D eigenvalue weighted by Crippen LogP contribution is 2.51. The lowest BCUT2D eigenvalue weighted by Gasteiger charge is -2.44. The molecule has 6 aliphatic rings. The standard InChI is InChI=1S/C24H28ClN3O3.C18H24BrN3O3.C6H6BClO2/c1-23(2)13-17(9-10-29-23)21-14-24(27-22(26)28(3)31-24)19-12-16(7-8-20(19)30-21)15-5-4-6-18(25)11-15;1-17(2)9-11(6-7-23-17)15-10-18(21-16(20)22(3)25-18)13-8-12(19)4-5-14(13)24-15;8-6-3-1-2-5(4-6)7(9)10/h4-8,11-12,17,21H,9-10,13-14H2,1-3H3,(H2,26,27);4-5,8,11,15H,6-7,9-10H2,1-3H3,(H2,20,21);1-4,9-10H. The number of nitrogens with zero attached hydrogens (tertiary/aromatic N) is 4. The van der Waals surface area contributed by atoms with E-state index in [1.54, 1.807) is 42.4 Å². The van der Waals surface area contributed by atoms with Crippen molar-refractivity contribution in [1.29, 1.82) is 0 Å². The number of aliphatic imine (C=N–C) groups is 2. The number of halogens is 3. The smallest absolute Gasteiger partial charge is 0.488 e. The minimum Gasteiger partial charge on any atom is -0.489 e. The summed E-state index contributed by atoms with van der Waals surface area (Å²) < 4.78 is 25.7. The molecule has 10 rings (SSSR count). The van der Waals surface area contributed by atoms with E-state index in [1.165, 1.54) is 6.07 Å². The van der Waals surface area contributed by atoms with Crippen LogP contribution in [0.2, 0.25) is 10.0 Å². The Morgan fingerprint density at radius 3 is 1.59 bits per heavy atom. The van der Waals surface area contributed by atoms with Gasteiger partial charge in [0.15, 0.2) is 0 Å². The summed E-state index contributed by atoms with van der Waals surface area (Å²) >= 11 is 15.3. The van der Waals surface area contributed by atoms with Gasteiger partial charge in [-0.2, -0.15) is 0 Å². The molecule has 2 saturated heterocycles. The largest absolute Gasteiger partial charge is 0.489 e. The summed E-state index contributed by atoms with van der Waals surface area (Å²) in [5.41, 5.74) is 14.4. The summed E-state index contributed by atoms with van der Waals surface area (Å²) in [6.45, 7) is 10.0. The first-order chi connectivity index (χ1) is 31.2. The average Bonchev–Trinajstić information content (AvgIpc) is 3.71. The van der Waals surface area contributed by atoms with Crippen LogP contribution in [0.3, 0.4) is 0 Å². The van der Waals surface area contributed by atoms with Crippen LogP contribution in [0.1, 0.15) is 77.3 Å². The minimum atomic E-state index is -1.43. The Balaban J connectivity index is 0.000000151. The third-order valence-corrected chi connectivity index (χ3v) is 13.9. The van der Waals surface area contributed by atoms with Gasteiger partial charge in [-0.05, 0) is 125 Å². The number of nitrogens with two attached hydrogens (primary N) is 2. The molecule has 0 radical (unpaired) electrons. The van der Waals surface area contributed by atoms with Crippen LogP contribution in [0.15, 0.2) is 99.4 Å². The Hall–Kier alpha value is -4.10. The van der Waals surface area contributed by atoms with Crippen LogP contribution >= 0.6 is 39.1 Å². The van der Waals surface area contributed by atoms with Crippen molar-refractivity contribution in [2.24, 2.45) is 33.3 Å². The minimum absolute atomic E-state index is 0.0138. The van der Waals surface area contributed by atoms with Gasteiger partial charge < -0.3 is 40.5 Å². The lowest BCUT2D eigenvalue weighted by atomic mass is 9.79. The van der Waals surface area contributed by atoms with E-state index >= 15 is 0 Å². The topological polar surface area (TPSA) is 179 Å². The lowest BCUT2D eigenvalue weighted by molar-refractivity contribution is -0.199. The predicted octanol–water partition coefficient (Wildman–Crippen LogP) is 7.88. The number of ether oxygens (including phenoxy) is 4. The Bertz CT molecular complexity index is 2480. The third kappa shape index (κ3) is 10.6. The molecule has 2 spiro atoms. The number of rotatable bonds is 4. The number of benzene rings is 4. The SMILES string of the molecule is CN1OC2(CC(C3CCOC(C)(C)C3)Oc3ccc(-c4cccc(Cl)c4)cc32)N=C1N.CN1OC2(CC(C3CCOC(C)(C)C3)Oc3ccc(Br)cc32)N=C1N.OB(O)c1cccc(Cl)c1. The van der Waals surface area contributed by atoms with Crippen molar-refractivity contribution >= 4 is 63.6 Å². The van der Waals surface area contributed by atoms with Crippen LogP contribution in [0.25, 0.3) is 11.1 Å². The zero-order valence-corrected chi connectivity index (χ0v) is 41.1. The monoisotopic (exact) mass is 1010 g/mol. The molecular weight excluding hydrogens is 950 g/mol. The Morgan fingerprint density at radius 1 is 0.652 bits per heavy atom. The second-order valence-electron chi connectivity index (χ2n) is 18.9. The summed E-state index contributed by atoms with van der Waals surface area (Å²) in [6.07, 6.45) is 5.04. The summed E-state index contributed by atoms with van der Waals surface area (Å²) in [4.78, 5) is 21.9. The molecule has 6 aliphatic heterocycles. The second kappa shape index (κ2) is 19.1. The molecule has 0 bridgehead atoms. The van der Waals surface area contributed by atoms with Crippen LogP contribution < -0.4 is 26.4 Å². The predicted molar refractivity (Wildman–Crippen MR) is 260 cm³/mol. The van der Waals surface area contributed by atoms with Gasteiger partial charge >= 0.3 is 7.12 Å². The van der Waals surface area contributed by atoms with Gasteiger partial charge in [0, 0.05) is 66.5 Å². The molecule has 0 aromatic heterocycles. The normalized spacial score (nSPS) is 28.0. The van der Waals surface area contributed by atoms with Crippen LogP contribution in [0.4, 0.5) is 0 Å². The first-order valence-electron chi connectivity index (χ1n) is 22.2. The van der Waals surface area contributed by atoms with Gasteiger partial charge in [0.1, 0.15) is 23.7 Å². The Labute approximate surface area is 405 Å². The molecule has 0 saturated carbocycles. The molecule has 4 aromatic carbocycles. The first kappa shape index (κ1) is 48.4. The van der Waals surface area contributed by atoms with E-state index in [4.69, 9.17) is 83.3 Å². The van der Waals surface area contributed by atoms with E-state index in [-0.39, 0.29) is 23.4 Å². The molecule has 0 aliphatic carbocycles. The van der Waals surface area contributed by atoms with Crippen molar-refractivity contribution in [1.82, 2.24) is 10.1 Å². The van der Waals surface area contributed by atoms with E-state index in [2.05, 4.69) is 55.8 Å². The van der Waals surface area contributed by atoms with Crippen molar-refractivity contribution in [3.63, 3.8) is 0 Å². The molecular formula is C48H58BBrCl2N6O8. The molecule has 0 amide bonds.